The molecule has 0 saturated carbocycles. The van der Waals surface area contributed by atoms with Gasteiger partial charge in [-0.1, -0.05) is 23.4 Å². The van der Waals surface area contributed by atoms with Crippen LogP contribution in [0, 0.1) is 13.8 Å². The highest BCUT2D eigenvalue weighted by Gasteiger charge is 2.17. The van der Waals surface area contributed by atoms with Crippen molar-refractivity contribution in [2.45, 2.75) is 20.4 Å². The average molecular weight is 312 g/mol. The number of nitrogens with one attached hydrogen (secondary N) is 1. The van der Waals surface area contributed by atoms with E-state index in [1.807, 2.05) is 0 Å². The maximum atomic E-state index is 12.7. The third-order valence-corrected chi connectivity index (χ3v) is 3.80. The summed E-state index contributed by atoms with van der Waals surface area (Å²) < 4.78 is 6.40. The molecule has 118 valence electrons. The van der Waals surface area contributed by atoms with Crippen molar-refractivity contribution in [2.75, 3.05) is 7.05 Å². The Morgan fingerprint density at radius 2 is 1.96 bits per heavy atom. The molecule has 2 heterocycles. The molecule has 1 N–H and O–H groups in total. The van der Waals surface area contributed by atoms with Crippen LogP contribution in [0.15, 0.2) is 33.6 Å². The number of fused-ring (bicyclic) bond motifs is 1. The summed E-state index contributed by atoms with van der Waals surface area (Å²) in [5.41, 5.74) is 1.45. The molecule has 1 aromatic carbocycles. The number of aromatic nitrogens is 3. The molecule has 7 nitrogen and oxygen atoms in total. The van der Waals surface area contributed by atoms with Gasteiger partial charge in [0.15, 0.2) is 5.69 Å². The Morgan fingerprint density at radius 3 is 2.57 bits per heavy atom. The predicted molar refractivity (Wildman–Crippen MR) is 84.5 cm³/mol. The second-order valence-corrected chi connectivity index (χ2v) is 5.24. The second-order valence-electron chi connectivity index (χ2n) is 5.24. The number of carbonyl (C=O) groups is 1. The lowest BCUT2D eigenvalue weighted by Gasteiger charge is -2.10. The first-order valence-electron chi connectivity index (χ1n) is 7.16. The molecule has 7 heteroatoms. The van der Waals surface area contributed by atoms with Crippen LogP contribution in [0.2, 0.25) is 0 Å². The van der Waals surface area contributed by atoms with Gasteiger partial charge in [0.25, 0.3) is 11.5 Å². The summed E-state index contributed by atoms with van der Waals surface area (Å²) in [7, 11) is 1.53. The van der Waals surface area contributed by atoms with Gasteiger partial charge in [0.2, 0.25) is 0 Å². The number of rotatable bonds is 3. The second kappa shape index (κ2) is 5.68. The van der Waals surface area contributed by atoms with Crippen LogP contribution in [0.4, 0.5) is 0 Å². The molecule has 0 aliphatic carbocycles. The van der Waals surface area contributed by atoms with Gasteiger partial charge in [-0.05, 0) is 19.9 Å². The molecule has 0 saturated heterocycles. The van der Waals surface area contributed by atoms with Crippen molar-refractivity contribution in [3.05, 3.63) is 57.3 Å². The molecule has 0 spiro atoms. The van der Waals surface area contributed by atoms with Gasteiger partial charge in [0.1, 0.15) is 5.76 Å². The molecule has 23 heavy (non-hydrogen) atoms. The summed E-state index contributed by atoms with van der Waals surface area (Å²) in [6, 6.07) is 6.94. The smallest absolute Gasteiger partial charge is 0.274 e. The third-order valence-electron chi connectivity index (χ3n) is 3.80. The number of aryl methyl sites for hydroxylation is 2. The van der Waals surface area contributed by atoms with E-state index in [1.165, 1.54) is 11.7 Å². The topological polar surface area (TPSA) is 90.0 Å². The average Bonchev–Trinajstić information content (AvgIpc) is 2.88. The SMILES string of the molecule is CNC(=O)c1nn(Cc2c(C)noc2C)c(=O)c2ccccc12. The fourth-order valence-corrected chi connectivity index (χ4v) is 2.51. The fraction of sp³-hybridized carbons (Fsp3) is 0.250. The van der Waals surface area contributed by atoms with Crippen LogP contribution >= 0.6 is 0 Å². The number of hydrogen-bond donors (Lipinski definition) is 1. The van der Waals surface area contributed by atoms with Crippen LogP contribution in [0.1, 0.15) is 27.5 Å². The van der Waals surface area contributed by atoms with E-state index in [-0.39, 0.29) is 23.7 Å². The van der Waals surface area contributed by atoms with Crippen molar-refractivity contribution in [1.82, 2.24) is 20.3 Å². The number of nitrogens with zero attached hydrogens (tertiary/aromatic N) is 3. The summed E-state index contributed by atoms with van der Waals surface area (Å²) >= 11 is 0. The zero-order valence-electron chi connectivity index (χ0n) is 13.1. The van der Waals surface area contributed by atoms with Gasteiger partial charge in [-0.3, -0.25) is 9.59 Å². The van der Waals surface area contributed by atoms with Crippen molar-refractivity contribution >= 4 is 16.7 Å². The molecule has 0 aliphatic rings. The van der Waals surface area contributed by atoms with Gasteiger partial charge >= 0.3 is 0 Å². The monoisotopic (exact) mass is 312 g/mol. The number of benzene rings is 1. The lowest BCUT2D eigenvalue weighted by atomic mass is 10.1. The highest BCUT2D eigenvalue weighted by molar-refractivity contribution is 6.04. The fourth-order valence-electron chi connectivity index (χ4n) is 2.51. The first kappa shape index (κ1) is 15.0. The van der Waals surface area contributed by atoms with E-state index in [1.54, 1.807) is 38.1 Å². The standard InChI is InChI=1S/C16H16N4O3/c1-9-13(10(2)23-19-9)8-20-16(22)12-7-5-4-6-11(12)14(18-20)15(21)17-3/h4-7H,8H2,1-3H3,(H,17,21). The first-order valence-corrected chi connectivity index (χ1v) is 7.16. The summed E-state index contributed by atoms with van der Waals surface area (Å²) in [4.78, 5) is 24.8. The van der Waals surface area contributed by atoms with Crippen molar-refractivity contribution < 1.29 is 9.32 Å². The van der Waals surface area contributed by atoms with Gasteiger partial charge < -0.3 is 9.84 Å². The lowest BCUT2D eigenvalue weighted by molar-refractivity contribution is 0.0957. The van der Waals surface area contributed by atoms with Crippen LogP contribution < -0.4 is 10.9 Å². The van der Waals surface area contributed by atoms with Gasteiger partial charge in [-0.15, -0.1) is 0 Å². The maximum Gasteiger partial charge on any atom is 0.274 e. The Labute approximate surface area is 131 Å². The van der Waals surface area contributed by atoms with Crippen LogP contribution in [0.5, 0.6) is 0 Å². The summed E-state index contributed by atoms with van der Waals surface area (Å²) in [6.45, 7) is 3.79. The van der Waals surface area contributed by atoms with E-state index >= 15 is 0 Å². The molecule has 0 aliphatic heterocycles. The minimum atomic E-state index is -0.339. The maximum absolute atomic E-state index is 12.7. The van der Waals surface area contributed by atoms with Crippen LogP contribution in [0.3, 0.4) is 0 Å². The van der Waals surface area contributed by atoms with Gasteiger partial charge in [-0.2, -0.15) is 5.10 Å². The van der Waals surface area contributed by atoms with Crippen molar-refractivity contribution in [1.29, 1.82) is 0 Å². The highest BCUT2D eigenvalue weighted by Crippen LogP contribution is 2.16. The van der Waals surface area contributed by atoms with Crippen LogP contribution in [-0.2, 0) is 6.54 Å². The van der Waals surface area contributed by atoms with E-state index < -0.39 is 0 Å². The minimum absolute atomic E-state index is 0.203. The molecule has 0 fully saturated rings. The Kier molecular flexibility index (Phi) is 3.69. The molecule has 0 unspecified atom stereocenters. The van der Waals surface area contributed by atoms with E-state index in [2.05, 4.69) is 15.6 Å². The summed E-state index contributed by atoms with van der Waals surface area (Å²) in [5, 5.41) is 11.7. The Balaban J connectivity index is 2.23. The molecule has 3 rings (SSSR count). The first-order chi connectivity index (χ1) is 11.0. The number of amides is 1. The normalized spacial score (nSPS) is 10.9. The molecule has 0 atom stereocenters. The van der Waals surface area contributed by atoms with E-state index in [9.17, 15) is 9.59 Å². The van der Waals surface area contributed by atoms with Gasteiger partial charge in [0.05, 0.1) is 17.6 Å². The van der Waals surface area contributed by atoms with Crippen molar-refractivity contribution in [3.63, 3.8) is 0 Å². The van der Waals surface area contributed by atoms with Gasteiger partial charge in [0, 0.05) is 18.0 Å². The molecular formula is C16H16N4O3. The lowest BCUT2D eigenvalue weighted by Crippen LogP contribution is -2.29. The van der Waals surface area contributed by atoms with Gasteiger partial charge in [-0.25, -0.2) is 4.68 Å². The molecule has 3 aromatic rings. The molecule has 0 radical (unpaired) electrons. The Bertz CT molecular complexity index is 936. The third kappa shape index (κ3) is 2.50. The zero-order valence-corrected chi connectivity index (χ0v) is 13.1. The van der Waals surface area contributed by atoms with Crippen LogP contribution in [-0.4, -0.2) is 27.9 Å². The van der Waals surface area contributed by atoms with E-state index in [4.69, 9.17) is 4.52 Å². The minimum Gasteiger partial charge on any atom is -0.361 e. The molecule has 2 aromatic heterocycles. The number of carbonyl (C=O) groups excluding carboxylic acids is 1. The molecule has 0 bridgehead atoms. The largest absolute Gasteiger partial charge is 0.361 e. The molecule has 1 amide bonds. The Hall–Kier alpha value is -2.96. The Morgan fingerprint density at radius 1 is 1.26 bits per heavy atom. The molecular weight excluding hydrogens is 296 g/mol. The van der Waals surface area contributed by atoms with Crippen molar-refractivity contribution in [3.8, 4) is 0 Å². The number of hydrogen-bond acceptors (Lipinski definition) is 5. The van der Waals surface area contributed by atoms with E-state index in [0.717, 1.165) is 5.56 Å². The highest BCUT2D eigenvalue weighted by atomic mass is 16.5. The summed E-state index contributed by atoms with van der Waals surface area (Å²) in [6.07, 6.45) is 0. The summed E-state index contributed by atoms with van der Waals surface area (Å²) in [5.74, 6) is 0.291. The van der Waals surface area contributed by atoms with Crippen LogP contribution in [0.25, 0.3) is 10.8 Å². The van der Waals surface area contributed by atoms with E-state index in [0.29, 0.717) is 22.2 Å². The predicted octanol–water partition coefficient (Wildman–Crippen LogP) is 1.41. The zero-order chi connectivity index (χ0) is 16.6. The van der Waals surface area contributed by atoms with Crippen molar-refractivity contribution in [2.24, 2.45) is 0 Å². The quantitative estimate of drug-likeness (QED) is 0.789.